The summed E-state index contributed by atoms with van der Waals surface area (Å²) in [7, 11) is 0. The van der Waals surface area contributed by atoms with Gasteiger partial charge < -0.3 is 15.0 Å². The van der Waals surface area contributed by atoms with Crippen molar-refractivity contribution in [1.29, 1.82) is 0 Å². The molecule has 0 unspecified atom stereocenters. The van der Waals surface area contributed by atoms with Gasteiger partial charge in [0.25, 0.3) is 5.91 Å². The third-order valence-electron chi connectivity index (χ3n) is 4.73. The Morgan fingerprint density at radius 3 is 2.56 bits per heavy atom. The van der Waals surface area contributed by atoms with Crippen molar-refractivity contribution >= 4 is 23.5 Å². The molecule has 1 aromatic rings. The molecular formula is C18H21FN2O4. The summed E-state index contributed by atoms with van der Waals surface area (Å²) in [6, 6.07) is 5.54. The van der Waals surface area contributed by atoms with Crippen molar-refractivity contribution in [2.75, 3.05) is 18.5 Å². The zero-order valence-electron chi connectivity index (χ0n) is 13.9. The molecule has 25 heavy (non-hydrogen) atoms. The van der Waals surface area contributed by atoms with Gasteiger partial charge in [0.1, 0.15) is 5.82 Å². The Morgan fingerprint density at radius 1 is 1.20 bits per heavy atom. The first-order valence-corrected chi connectivity index (χ1v) is 8.54. The fraction of sp³-hybridized carbons (Fsp3) is 0.500. The van der Waals surface area contributed by atoms with Crippen molar-refractivity contribution in [1.82, 2.24) is 4.90 Å². The second-order valence-electron chi connectivity index (χ2n) is 6.55. The molecule has 2 aliphatic rings. The van der Waals surface area contributed by atoms with Crippen LogP contribution in [0.4, 0.5) is 10.1 Å². The number of esters is 1. The SMILES string of the molecule is O=C(COC(=O)[C@H]1CC(=O)N(C2CCCC2)C1)Nc1ccc(F)cc1. The lowest BCUT2D eigenvalue weighted by Gasteiger charge is -2.23. The minimum absolute atomic E-state index is 0.00962. The van der Waals surface area contributed by atoms with E-state index in [1.807, 2.05) is 0 Å². The molecule has 1 heterocycles. The number of hydrogen-bond acceptors (Lipinski definition) is 4. The molecule has 1 aromatic carbocycles. The van der Waals surface area contributed by atoms with Gasteiger partial charge in [0.05, 0.1) is 5.92 Å². The molecule has 1 saturated heterocycles. The van der Waals surface area contributed by atoms with Gasteiger partial charge >= 0.3 is 5.97 Å². The summed E-state index contributed by atoms with van der Waals surface area (Å²) in [4.78, 5) is 37.8. The van der Waals surface area contributed by atoms with E-state index in [1.54, 1.807) is 4.90 Å². The van der Waals surface area contributed by atoms with Crippen LogP contribution in [0.1, 0.15) is 32.1 Å². The van der Waals surface area contributed by atoms with Crippen LogP contribution in [-0.2, 0) is 19.1 Å². The smallest absolute Gasteiger partial charge is 0.311 e. The maximum absolute atomic E-state index is 12.8. The topological polar surface area (TPSA) is 75.7 Å². The lowest BCUT2D eigenvalue weighted by Crippen LogP contribution is -2.35. The average molecular weight is 348 g/mol. The molecule has 0 radical (unpaired) electrons. The fourth-order valence-electron chi connectivity index (χ4n) is 3.44. The van der Waals surface area contributed by atoms with Crippen LogP contribution in [0.15, 0.2) is 24.3 Å². The summed E-state index contributed by atoms with van der Waals surface area (Å²) in [5.74, 6) is -1.95. The zero-order chi connectivity index (χ0) is 17.8. The highest BCUT2D eigenvalue weighted by Crippen LogP contribution is 2.29. The van der Waals surface area contributed by atoms with Gasteiger partial charge in [0.15, 0.2) is 6.61 Å². The molecular weight excluding hydrogens is 327 g/mol. The van der Waals surface area contributed by atoms with Crippen LogP contribution in [0, 0.1) is 11.7 Å². The molecule has 1 saturated carbocycles. The molecule has 3 rings (SSSR count). The van der Waals surface area contributed by atoms with Gasteiger partial charge in [-0.3, -0.25) is 14.4 Å². The molecule has 7 heteroatoms. The molecule has 0 aromatic heterocycles. The Balaban J connectivity index is 1.45. The third kappa shape index (κ3) is 4.35. The summed E-state index contributed by atoms with van der Waals surface area (Å²) < 4.78 is 17.9. The predicted molar refractivity (Wildman–Crippen MR) is 88.1 cm³/mol. The summed E-state index contributed by atoms with van der Waals surface area (Å²) in [6.45, 7) is -0.0494. The molecule has 0 bridgehead atoms. The van der Waals surface area contributed by atoms with E-state index in [1.165, 1.54) is 24.3 Å². The number of hydrogen-bond donors (Lipinski definition) is 1. The van der Waals surface area contributed by atoms with E-state index in [4.69, 9.17) is 4.74 Å². The Morgan fingerprint density at radius 2 is 1.88 bits per heavy atom. The highest BCUT2D eigenvalue weighted by atomic mass is 19.1. The van der Waals surface area contributed by atoms with E-state index >= 15 is 0 Å². The first-order chi connectivity index (χ1) is 12.0. The standard InChI is InChI=1S/C18H21FN2O4/c19-13-5-7-14(8-6-13)20-16(22)11-25-18(24)12-9-17(23)21(10-12)15-3-1-2-4-15/h5-8,12,15H,1-4,9-11H2,(H,20,22)/t12-/m0/s1. The van der Waals surface area contributed by atoms with E-state index < -0.39 is 30.2 Å². The van der Waals surface area contributed by atoms with Crippen LogP contribution < -0.4 is 5.32 Å². The Bertz CT molecular complexity index is 656. The van der Waals surface area contributed by atoms with Crippen molar-refractivity contribution in [2.45, 2.75) is 38.1 Å². The highest BCUT2D eigenvalue weighted by molar-refractivity contribution is 5.93. The van der Waals surface area contributed by atoms with Gasteiger partial charge in [0, 0.05) is 24.7 Å². The molecule has 134 valence electrons. The number of carbonyl (C=O) groups excluding carboxylic acids is 3. The van der Waals surface area contributed by atoms with Crippen molar-refractivity contribution in [3.63, 3.8) is 0 Å². The van der Waals surface area contributed by atoms with Gasteiger partial charge in [-0.1, -0.05) is 12.8 Å². The summed E-state index contributed by atoms with van der Waals surface area (Å²) in [5.41, 5.74) is 0.422. The number of ether oxygens (including phenoxy) is 1. The maximum atomic E-state index is 12.8. The van der Waals surface area contributed by atoms with Gasteiger partial charge in [-0.05, 0) is 37.1 Å². The average Bonchev–Trinajstić information content (AvgIpc) is 3.24. The van der Waals surface area contributed by atoms with Gasteiger partial charge in [-0.15, -0.1) is 0 Å². The molecule has 2 fully saturated rings. The van der Waals surface area contributed by atoms with Crippen molar-refractivity contribution in [3.05, 3.63) is 30.1 Å². The number of nitrogens with one attached hydrogen (secondary N) is 1. The number of likely N-dealkylation sites (tertiary alicyclic amines) is 1. The van der Waals surface area contributed by atoms with Crippen LogP contribution in [-0.4, -0.2) is 41.9 Å². The molecule has 6 nitrogen and oxygen atoms in total. The molecule has 1 atom stereocenters. The number of halogens is 1. The minimum Gasteiger partial charge on any atom is -0.455 e. The van der Waals surface area contributed by atoms with Crippen LogP contribution in [0.25, 0.3) is 0 Å². The fourth-order valence-corrected chi connectivity index (χ4v) is 3.44. The van der Waals surface area contributed by atoms with E-state index in [0.29, 0.717) is 12.2 Å². The van der Waals surface area contributed by atoms with Crippen LogP contribution >= 0.6 is 0 Å². The van der Waals surface area contributed by atoms with Crippen LogP contribution in [0.5, 0.6) is 0 Å². The number of anilines is 1. The van der Waals surface area contributed by atoms with Crippen molar-refractivity contribution in [2.24, 2.45) is 5.92 Å². The van der Waals surface area contributed by atoms with Gasteiger partial charge in [-0.25, -0.2) is 4.39 Å². The minimum atomic E-state index is -0.525. The van der Waals surface area contributed by atoms with E-state index in [9.17, 15) is 18.8 Å². The van der Waals surface area contributed by atoms with Crippen LogP contribution in [0.2, 0.25) is 0 Å². The van der Waals surface area contributed by atoms with E-state index in [2.05, 4.69) is 5.32 Å². The monoisotopic (exact) mass is 348 g/mol. The Kier molecular flexibility index (Phi) is 5.31. The number of rotatable bonds is 5. The number of amides is 2. The Labute approximate surface area is 145 Å². The normalized spacial score (nSPS) is 20.8. The third-order valence-corrected chi connectivity index (χ3v) is 4.73. The molecule has 1 N–H and O–H groups in total. The first kappa shape index (κ1) is 17.4. The zero-order valence-corrected chi connectivity index (χ0v) is 13.9. The molecule has 0 spiro atoms. The second-order valence-corrected chi connectivity index (χ2v) is 6.55. The van der Waals surface area contributed by atoms with Crippen LogP contribution in [0.3, 0.4) is 0 Å². The number of benzene rings is 1. The summed E-state index contributed by atoms with van der Waals surface area (Å²) >= 11 is 0. The molecule has 1 aliphatic heterocycles. The van der Waals surface area contributed by atoms with Gasteiger partial charge in [0.2, 0.25) is 5.91 Å². The molecule has 1 aliphatic carbocycles. The predicted octanol–water partition coefficient (Wildman–Crippen LogP) is 2.10. The highest BCUT2D eigenvalue weighted by Gasteiger charge is 2.39. The maximum Gasteiger partial charge on any atom is 0.311 e. The quantitative estimate of drug-likeness (QED) is 0.827. The number of nitrogens with zero attached hydrogens (tertiary/aromatic N) is 1. The first-order valence-electron chi connectivity index (χ1n) is 8.54. The van der Waals surface area contributed by atoms with Crippen molar-refractivity contribution in [3.8, 4) is 0 Å². The lowest BCUT2D eigenvalue weighted by atomic mass is 10.1. The Hall–Kier alpha value is -2.44. The second kappa shape index (κ2) is 7.63. The van der Waals surface area contributed by atoms with Gasteiger partial charge in [-0.2, -0.15) is 0 Å². The van der Waals surface area contributed by atoms with E-state index in [-0.39, 0.29) is 18.4 Å². The van der Waals surface area contributed by atoms with Crippen molar-refractivity contribution < 1.29 is 23.5 Å². The lowest BCUT2D eigenvalue weighted by molar-refractivity contribution is -0.151. The van der Waals surface area contributed by atoms with E-state index in [0.717, 1.165) is 25.7 Å². The largest absolute Gasteiger partial charge is 0.455 e. The summed E-state index contributed by atoms with van der Waals surface area (Å²) in [5, 5.41) is 2.52. The summed E-state index contributed by atoms with van der Waals surface area (Å²) in [6.07, 6.45) is 4.37. The molecule has 2 amide bonds. The number of carbonyl (C=O) groups is 3.